The third kappa shape index (κ3) is 3.53. The summed E-state index contributed by atoms with van der Waals surface area (Å²) in [6.07, 6.45) is 0. The molecule has 4 nitrogen and oxygen atoms in total. The van der Waals surface area contributed by atoms with Crippen LogP contribution in [0, 0.1) is 11.6 Å². The smallest absolute Gasteiger partial charge is 0.263 e. The predicted octanol–water partition coefficient (Wildman–Crippen LogP) is 3.87. The number of benzene rings is 2. The molecule has 0 fully saturated rings. The van der Waals surface area contributed by atoms with Gasteiger partial charge in [0, 0.05) is 8.95 Å². The van der Waals surface area contributed by atoms with Crippen molar-refractivity contribution in [2.24, 2.45) is 0 Å². The molecular formula is C12H8Br2F2N2O2S. The summed E-state index contributed by atoms with van der Waals surface area (Å²) in [5.41, 5.74) is 5.23. The molecule has 0 bridgehead atoms. The van der Waals surface area contributed by atoms with Crippen molar-refractivity contribution in [2.45, 2.75) is 4.90 Å². The number of nitrogens with one attached hydrogen (secondary N) is 1. The molecule has 0 aromatic heterocycles. The molecule has 0 heterocycles. The quantitative estimate of drug-likeness (QED) is 0.710. The van der Waals surface area contributed by atoms with E-state index in [4.69, 9.17) is 5.73 Å². The number of sulfonamides is 1. The van der Waals surface area contributed by atoms with Gasteiger partial charge in [0.1, 0.15) is 16.5 Å². The van der Waals surface area contributed by atoms with Crippen molar-refractivity contribution in [3.8, 4) is 0 Å². The summed E-state index contributed by atoms with van der Waals surface area (Å²) in [6.45, 7) is 0. The van der Waals surface area contributed by atoms with Crippen LogP contribution in [0.1, 0.15) is 0 Å². The largest absolute Gasteiger partial charge is 0.396 e. The second-order valence-electron chi connectivity index (χ2n) is 4.03. The average molecular weight is 442 g/mol. The molecule has 3 N–H and O–H groups in total. The molecule has 0 saturated heterocycles. The fourth-order valence-corrected chi connectivity index (χ4v) is 4.23. The van der Waals surface area contributed by atoms with Gasteiger partial charge in [-0.15, -0.1) is 0 Å². The molecule has 0 saturated carbocycles. The van der Waals surface area contributed by atoms with E-state index in [2.05, 4.69) is 36.6 Å². The van der Waals surface area contributed by atoms with E-state index in [1.807, 2.05) is 0 Å². The van der Waals surface area contributed by atoms with Gasteiger partial charge in [-0.05, 0) is 62.2 Å². The molecular weight excluding hydrogens is 434 g/mol. The Morgan fingerprint density at radius 2 is 1.71 bits per heavy atom. The molecule has 0 unspecified atom stereocenters. The Morgan fingerprint density at radius 3 is 2.33 bits per heavy atom. The molecule has 0 spiro atoms. The van der Waals surface area contributed by atoms with Crippen molar-refractivity contribution in [2.75, 3.05) is 10.5 Å². The zero-order valence-corrected chi connectivity index (χ0v) is 14.2. The van der Waals surface area contributed by atoms with Crippen LogP contribution in [-0.4, -0.2) is 8.42 Å². The normalized spacial score (nSPS) is 11.4. The topological polar surface area (TPSA) is 72.2 Å². The van der Waals surface area contributed by atoms with Gasteiger partial charge in [0.25, 0.3) is 10.0 Å². The minimum Gasteiger partial charge on any atom is -0.396 e. The Kier molecular flexibility index (Phi) is 4.54. The van der Waals surface area contributed by atoms with E-state index in [9.17, 15) is 17.2 Å². The number of nitrogen functional groups attached to an aromatic ring is 1. The highest BCUT2D eigenvalue weighted by Gasteiger charge is 2.21. The molecule has 2 aromatic rings. The van der Waals surface area contributed by atoms with Gasteiger partial charge in [-0.25, -0.2) is 17.2 Å². The summed E-state index contributed by atoms with van der Waals surface area (Å²) in [7, 11) is -4.01. The third-order valence-electron chi connectivity index (χ3n) is 2.52. The van der Waals surface area contributed by atoms with Gasteiger partial charge in [-0.1, -0.05) is 0 Å². The second kappa shape index (κ2) is 5.90. The molecule has 21 heavy (non-hydrogen) atoms. The maximum absolute atomic E-state index is 13.3. The summed E-state index contributed by atoms with van der Waals surface area (Å²) >= 11 is 6.03. The van der Waals surface area contributed by atoms with Crippen LogP contribution in [0.3, 0.4) is 0 Å². The molecule has 0 aliphatic heterocycles. The van der Waals surface area contributed by atoms with Crippen LogP contribution in [0.15, 0.2) is 44.2 Å². The van der Waals surface area contributed by atoms with Crippen LogP contribution in [0.5, 0.6) is 0 Å². The van der Waals surface area contributed by atoms with E-state index < -0.39 is 21.7 Å². The summed E-state index contributed by atoms with van der Waals surface area (Å²) in [4.78, 5) is -0.224. The monoisotopic (exact) mass is 440 g/mol. The van der Waals surface area contributed by atoms with Crippen molar-refractivity contribution >= 4 is 53.3 Å². The van der Waals surface area contributed by atoms with E-state index in [1.54, 1.807) is 0 Å². The Bertz CT molecular complexity index is 813. The zero-order chi connectivity index (χ0) is 15.8. The minimum absolute atomic E-state index is 0.0277. The Hall–Kier alpha value is -1.19. The van der Waals surface area contributed by atoms with Gasteiger partial charge >= 0.3 is 0 Å². The number of halogens is 4. The number of rotatable bonds is 3. The van der Waals surface area contributed by atoms with E-state index in [0.717, 1.165) is 24.3 Å². The van der Waals surface area contributed by atoms with Crippen LogP contribution < -0.4 is 10.5 Å². The summed E-state index contributed by atoms with van der Waals surface area (Å²) in [5, 5.41) is 0. The highest BCUT2D eigenvalue weighted by Crippen LogP contribution is 2.30. The van der Waals surface area contributed by atoms with Gasteiger partial charge < -0.3 is 5.73 Å². The molecule has 2 aromatic carbocycles. The molecule has 0 atom stereocenters. The Balaban J connectivity index is 2.46. The summed E-state index contributed by atoms with van der Waals surface area (Å²) in [6, 6.07) is 5.45. The average Bonchev–Trinajstić information content (AvgIpc) is 2.37. The van der Waals surface area contributed by atoms with Gasteiger partial charge in [-0.2, -0.15) is 0 Å². The zero-order valence-electron chi connectivity index (χ0n) is 10.2. The number of hydrogen-bond donors (Lipinski definition) is 2. The lowest BCUT2D eigenvalue weighted by molar-refractivity contribution is 0.599. The van der Waals surface area contributed by atoms with Crippen molar-refractivity contribution < 1.29 is 17.2 Å². The maximum Gasteiger partial charge on any atom is 0.263 e. The molecule has 9 heteroatoms. The number of hydrogen-bond acceptors (Lipinski definition) is 3. The first kappa shape index (κ1) is 16.2. The van der Waals surface area contributed by atoms with Gasteiger partial charge in [0.2, 0.25) is 0 Å². The fourth-order valence-electron chi connectivity index (χ4n) is 1.52. The van der Waals surface area contributed by atoms with E-state index in [-0.39, 0.29) is 25.2 Å². The fraction of sp³-hybridized carbons (Fsp3) is 0. The first-order valence-corrected chi connectivity index (χ1v) is 8.50. The standard InChI is InChI=1S/C12H8Br2F2N2O2S/c13-7-3-6(15)1-2-11(7)18-21(19,20)12-5-10(17)9(16)4-8(12)14/h1-5,18H,17H2. The van der Waals surface area contributed by atoms with Crippen molar-refractivity contribution in [3.63, 3.8) is 0 Å². The molecule has 0 amide bonds. The predicted molar refractivity (Wildman–Crippen MR) is 83.4 cm³/mol. The van der Waals surface area contributed by atoms with Crippen LogP contribution in [0.2, 0.25) is 0 Å². The third-order valence-corrected chi connectivity index (χ3v) is 5.50. The lowest BCUT2D eigenvalue weighted by atomic mass is 10.3. The maximum atomic E-state index is 13.3. The van der Waals surface area contributed by atoms with Crippen molar-refractivity contribution in [3.05, 3.63) is 50.9 Å². The number of nitrogens with two attached hydrogens (primary N) is 1. The molecule has 0 aliphatic rings. The van der Waals surface area contributed by atoms with Crippen LogP contribution in [0.25, 0.3) is 0 Å². The van der Waals surface area contributed by atoms with E-state index in [0.29, 0.717) is 0 Å². The lowest BCUT2D eigenvalue weighted by Gasteiger charge is -2.12. The van der Waals surface area contributed by atoms with Crippen LogP contribution in [-0.2, 0) is 10.0 Å². The Labute approximate surface area is 136 Å². The van der Waals surface area contributed by atoms with Gasteiger partial charge in [0.15, 0.2) is 0 Å². The van der Waals surface area contributed by atoms with Crippen LogP contribution in [0.4, 0.5) is 20.2 Å². The molecule has 112 valence electrons. The highest BCUT2D eigenvalue weighted by atomic mass is 79.9. The SMILES string of the molecule is Nc1cc(S(=O)(=O)Nc2ccc(F)cc2Br)c(Br)cc1F. The van der Waals surface area contributed by atoms with Crippen LogP contribution >= 0.6 is 31.9 Å². The van der Waals surface area contributed by atoms with Crippen molar-refractivity contribution in [1.82, 2.24) is 0 Å². The first-order chi connectivity index (χ1) is 9.70. The van der Waals surface area contributed by atoms with Crippen molar-refractivity contribution in [1.29, 1.82) is 0 Å². The molecule has 2 rings (SSSR count). The minimum atomic E-state index is -4.01. The Morgan fingerprint density at radius 1 is 1.05 bits per heavy atom. The molecule has 0 aliphatic carbocycles. The van der Waals surface area contributed by atoms with Gasteiger partial charge in [-0.3, -0.25) is 4.72 Å². The van der Waals surface area contributed by atoms with Gasteiger partial charge in [0.05, 0.1) is 11.4 Å². The van der Waals surface area contributed by atoms with E-state index in [1.165, 1.54) is 6.07 Å². The lowest BCUT2D eigenvalue weighted by Crippen LogP contribution is -2.14. The first-order valence-electron chi connectivity index (χ1n) is 5.43. The summed E-state index contributed by atoms with van der Waals surface area (Å²) in [5.74, 6) is -1.25. The number of anilines is 2. The van der Waals surface area contributed by atoms with E-state index >= 15 is 0 Å². The highest BCUT2D eigenvalue weighted by molar-refractivity contribution is 9.11. The second-order valence-corrected chi connectivity index (χ2v) is 7.39. The summed E-state index contributed by atoms with van der Waals surface area (Å²) < 4.78 is 53.4. The molecule has 0 radical (unpaired) electrons.